The molecule has 0 unspecified atom stereocenters. The molecule has 0 amide bonds. The van der Waals surface area contributed by atoms with Gasteiger partial charge >= 0.3 is 0 Å². The van der Waals surface area contributed by atoms with Gasteiger partial charge in [-0.15, -0.1) is 0 Å². The minimum Gasteiger partial charge on any atom is -0.489 e. The van der Waals surface area contributed by atoms with Gasteiger partial charge in [0.2, 0.25) is 5.95 Å². The highest BCUT2D eigenvalue weighted by atomic mass is 16.5. The Morgan fingerprint density at radius 2 is 1.96 bits per heavy atom. The predicted molar refractivity (Wildman–Crippen MR) is 95.5 cm³/mol. The van der Waals surface area contributed by atoms with Crippen LogP contribution in [-0.2, 0) is 0 Å². The van der Waals surface area contributed by atoms with E-state index in [2.05, 4.69) is 27.5 Å². The molecular formula is C18H26N4O. The molecule has 0 aliphatic rings. The summed E-state index contributed by atoms with van der Waals surface area (Å²) >= 11 is 0. The summed E-state index contributed by atoms with van der Waals surface area (Å²) < 4.78 is 5.82. The standard InChI is InChI=1S/C18H26N4O/c1-4-5-8-12-19-18-20-13-11-17(22-18)21-15-9-6-7-10-16(15)23-14(2)3/h6-7,9-11,13-14H,4-5,8,12H2,1-3H3,(H2,19,20,21,22). The van der Waals surface area contributed by atoms with Crippen molar-refractivity contribution in [2.24, 2.45) is 0 Å². The summed E-state index contributed by atoms with van der Waals surface area (Å²) in [7, 11) is 0. The van der Waals surface area contributed by atoms with Gasteiger partial charge in [0.15, 0.2) is 0 Å². The van der Waals surface area contributed by atoms with Crippen LogP contribution in [0.15, 0.2) is 36.5 Å². The molecule has 1 aromatic carbocycles. The van der Waals surface area contributed by atoms with E-state index in [9.17, 15) is 0 Å². The Hall–Kier alpha value is -2.30. The Balaban J connectivity index is 2.03. The molecule has 0 fully saturated rings. The lowest BCUT2D eigenvalue weighted by Gasteiger charge is -2.15. The van der Waals surface area contributed by atoms with Crippen molar-refractivity contribution in [2.45, 2.75) is 46.1 Å². The summed E-state index contributed by atoms with van der Waals surface area (Å²) in [5.74, 6) is 2.21. The largest absolute Gasteiger partial charge is 0.489 e. The maximum absolute atomic E-state index is 5.82. The second-order valence-corrected chi connectivity index (χ2v) is 5.69. The maximum atomic E-state index is 5.82. The van der Waals surface area contributed by atoms with Gasteiger partial charge in [0.25, 0.3) is 0 Å². The van der Waals surface area contributed by atoms with Crippen molar-refractivity contribution in [2.75, 3.05) is 17.2 Å². The zero-order chi connectivity index (χ0) is 16.5. The monoisotopic (exact) mass is 314 g/mol. The van der Waals surface area contributed by atoms with E-state index in [1.54, 1.807) is 6.20 Å². The number of hydrogen-bond donors (Lipinski definition) is 2. The number of nitrogens with zero attached hydrogens (tertiary/aromatic N) is 2. The molecule has 0 atom stereocenters. The zero-order valence-electron chi connectivity index (χ0n) is 14.2. The van der Waals surface area contributed by atoms with Crippen LogP contribution >= 0.6 is 0 Å². The number of anilines is 3. The average Bonchev–Trinajstić information content (AvgIpc) is 2.53. The molecule has 2 aromatic rings. The van der Waals surface area contributed by atoms with Gasteiger partial charge in [0.1, 0.15) is 11.6 Å². The number of hydrogen-bond acceptors (Lipinski definition) is 5. The summed E-state index contributed by atoms with van der Waals surface area (Å²) in [6.07, 6.45) is 5.42. The first-order chi connectivity index (χ1) is 11.2. The molecule has 1 aromatic heterocycles. The molecule has 0 spiro atoms. The number of benzene rings is 1. The second kappa shape index (κ2) is 8.98. The van der Waals surface area contributed by atoms with Gasteiger partial charge in [-0.25, -0.2) is 4.98 Å². The van der Waals surface area contributed by atoms with E-state index in [1.165, 1.54) is 12.8 Å². The fourth-order valence-corrected chi connectivity index (χ4v) is 2.15. The van der Waals surface area contributed by atoms with Gasteiger partial charge in [0, 0.05) is 12.7 Å². The Labute approximate surface area is 138 Å². The first kappa shape index (κ1) is 17.1. The first-order valence-electron chi connectivity index (χ1n) is 8.28. The molecule has 2 N–H and O–H groups in total. The van der Waals surface area contributed by atoms with Crippen LogP contribution in [0.3, 0.4) is 0 Å². The molecule has 2 rings (SSSR count). The molecule has 124 valence electrons. The van der Waals surface area contributed by atoms with Crippen LogP contribution in [0, 0.1) is 0 Å². The van der Waals surface area contributed by atoms with E-state index in [1.807, 2.05) is 44.2 Å². The van der Waals surface area contributed by atoms with Crippen molar-refractivity contribution < 1.29 is 4.74 Å². The average molecular weight is 314 g/mol. The van der Waals surface area contributed by atoms with Crippen molar-refractivity contribution in [3.63, 3.8) is 0 Å². The Bertz CT molecular complexity index is 601. The molecule has 23 heavy (non-hydrogen) atoms. The summed E-state index contributed by atoms with van der Waals surface area (Å²) in [6, 6.07) is 9.72. The Morgan fingerprint density at radius 3 is 2.74 bits per heavy atom. The molecule has 0 aliphatic heterocycles. The molecule has 0 saturated carbocycles. The van der Waals surface area contributed by atoms with Crippen LogP contribution in [0.4, 0.5) is 17.5 Å². The number of aromatic nitrogens is 2. The molecule has 0 saturated heterocycles. The van der Waals surface area contributed by atoms with Gasteiger partial charge in [-0.1, -0.05) is 31.9 Å². The number of nitrogens with one attached hydrogen (secondary N) is 2. The van der Waals surface area contributed by atoms with E-state index in [-0.39, 0.29) is 6.10 Å². The third kappa shape index (κ3) is 5.77. The van der Waals surface area contributed by atoms with Gasteiger partial charge in [0.05, 0.1) is 11.8 Å². The lowest BCUT2D eigenvalue weighted by molar-refractivity contribution is 0.244. The van der Waals surface area contributed by atoms with Crippen molar-refractivity contribution in [1.29, 1.82) is 0 Å². The molecule has 1 heterocycles. The molecule has 0 radical (unpaired) electrons. The van der Waals surface area contributed by atoms with Crippen LogP contribution < -0.4 is 15.4 Å². The number of unbranched alkanes of at least 4 members (excludes halogenated alkanes) is 2. The highest BCUT2D eigenvalue weighted by Gasteiger charge is 2.06. The summed E-state index contributed by atoms with van der Waals surface area (Å²) in [4.78, 5) is 8.75. The smallest absolute Gasteiger partial charge is 0.224 e. The SMILES string of the molecule is CCCCCNc1nccc(Nc2ccccc2OC(C)C)n1. The predicted octanol–water partition coefficient (Wildman–Crippen LogP) is 4.61. The number of para-hydroxylation sites is 2. The van der Waals surface area contributed by atoms with Crippen LogP contribution in [0.5, 0.6) is 5.75 Å². The highest BCUT2D eigenvalue weighted by molar-refractivity contribution is 5.64. The first-order valence-corrected chi connectivity index (χ1v) is 8.28. The number of ether oxygens (including phenoxy) is 1. The van der Waals surface area contributed by atoms with Crippen LogP contribution in [0.1, 0.15) is 40.0 Å². The van der Waals surface area contributed by atoms with E-state index in [0.717, 1.165) is 30.2 Å². The Kier molecular flexibility index (Phi) is 6.66. The van der Waals surface area contributed by atoms with Crippen LogP contribution in [-0.4, -0.2) is 22.6 Å². The van der Waals surface area contributed by atoms with E-state index in [4.69, 9.17) is 4.74 Å². The third-order valence-electron chi connectivity index (χ3n) is 3.23. The van der Waals surface area contributed by atoms with Gasteiger partial charge in [-0.2, -0.15) is 4.98 Å². The molecule has 5 heteroatoms. The molecule has 0 aliphatic carbocycles. The van der Waals surface area contributed by atoms with Crippen LogP contribution in [0.25, 0.3) is 0 Å². The summed E-state index contributed by atoms with van der Waals surface area (Å²) in [5.41, 5.74) is 0.900. The molecule has 0 bridgehead atoms. The van der Waals surface area contributed by atoms with Gasteiger partial charge < -0.3 is 15.4 Å². The number of rotatable bonds is 9. The van der Waals surface area contributed by atoms with Gasteiger partial charge in [-0.3, -0.25) is 0 Å². The minimum absolute atomic E-state index is 0.124. The topological polar surface area (TPSA) is 59.1 Å². The summed E-state index contributed by atoms with van der Waals surface area (Å²) in [5, 5.41) is 6.56. The summed E-state index contributed by atoms with van der Waals surface area (Å²) in [6.45, 7) is 7.11. The van der Waals surface area contributed by atoms with Crippen molar-refractivity contribution >= 4 is 17.5 Å². The quantitative estimate of drug-likeness (QED) is 0.662. The van der Waals surface area contributed by atoms with Crippen molar-refractivity contribution in [3.8, 4) is 5.75 Å². The highest BCUT2D eigenvalue weighted by Crippen LogP contribution is 2.27. The lowest BCUT2D eigenvalue weighted by atomic mass is 10.2. The fraction of sp³-hybridized carbons (Fsp3) is 0.444. The second-order valence-electron chi connectivity index (χ2n) is 5.69. The van der Waals surface area contributed by atoms with Crippen LogP contribution in [0.2, 0.25) is 0 Å². The normalized spacial score (nSPS) is 10.6. The minimum atomic E-state index is 0.124. The van der Waals surface area contributed by atoms with Gasteiger partial charge in [-0.05, 0) is 38.5 Å². The van der Waals surface area contributed by atoms with E-state index in [0.29, 0.717) is 5.95 Å². The third-order valence-corrected chi connectivity index (χ3v) is 3.23. The molecular weight excluding hydrogens is 288 g/mol. The van der Waals surface area contributed by atoms with Crippen molar-refractivity contribution in [3.05, 3.63) is 36.5 Å². The van der Waals surface area contributed by atoms with E-state index < -0.39 is 0 Å². The van der Waals surface area contributed by atoms with E-state index >= 15 is 0 Å². The zero-order valence-corrected chi connectivity index (χ0v) is 14.2. The fourth-order valence-electron chi connectivity index (χ4n) is 2.15. The Morgan fingerprint density at radius 1 is 1.13 bits per heavy atom. The van der Waals surface area contributed by atoms with Crippen molar-refractivity contribution in [1.82, 2.24) is 9.97 Å². The molecule has 5 nitrogen and oxygen atoms in total. The maximum Gasteiger partial charge on any atom is 0.224 e. The lowest BCUT2D eigenvalue weighted by Crippen LogP contribution is -2.08.